The molecular weight excluding hydrogens is 144 g/mol. The maximum absolute atomic E-state index is 11.5. The lowest BCUT2D eigenvalue weighted by Gasteiger charge is -2.09. The van der Waals surface area contributed by atoms with Crippen molar-refractivity contribution in [2.45, 2.75) is 0 Å². The van der Waals surface area contributed by atoms with Crippen molar-refractivity contribution in [2.75, 3.05) is 20.4 Å². The maximum Gasteiger partial charge on any atom is 0.260 e. The zero-order valence-electron chi connectivity index (χ0n) is 5.43. The Balaban J connectivity index is 3.94. The Bertz CT molecular complexity index is 133. The van der Waals surface area contributed by atoms with Gasteiger partial charge in [-0.25, -0.2) is 8.78 Å². The highest BCUT2D eigenvalue weighted by Gasteiger charge is 2.14. The molecule has 0 aromatic carbocycles. The normalized spacial score (nSPS) is 9.10. The van der Waals surface area contributed by atoms with Crippen molar-refractivity contribution in [3.63, 3.8) is 0 Å². The molecule has 0 aliphatic heterocycles. The van der Waals surface area contributed by atoms with E-state index in [0.29, 0.717) is 4.90 Å². The van der Waals surface area contributed by atoms with Crippen molar-refractivity contribution in [1.29, 1.82) is 0 Å². The fourth-order valence-corrected chi connectivity index (χ4v) is 0.318. The number of alkyl halides is 2. The average Bonchev–Trinajstić information content (AvgIpc) is 2.00. The van der Waals surface area contributed by atoms with Crippen LogP contribution in [0.3, 0.4) is 0 Å². The van der Waals surface area contributed by atoms with Gasteiger partial charge in [-0.3, -0.25) is 14.5 Å². The third-order valence-corrected chi connectivity index (χ3v) is 0.977. The summed E-state index contributed by atoms with van der Waals surface area (Å²) < 4.78 is 22.9. The minimum absolute atomic E-state index is 0.417. The van der Waals surface area contributed by atoms with Crippen LogP contribution in [0.15, 0.2) is 0 Å². The first kappa shape index (κ1) is 9.00. The molecule has 0 radical (unpaired) electrons. The lowest BCUT2D eigenvalue weighted by atomic mass is 10.5. The second-order valence-electron chi connectivity index (χ2n) is 1.61. The van der Waals surface area contributed by atoms with Crippen LogP contribution < -0.4 is 0 Å². The summed E-state index contributed by atoms with van der Waals surface area (Å²) in [5.74, 6) is -2.05. The van der Waals surface area contributed by atoms with Gasteiger partial charge in [-0.05, 0) is 0 Å². The molecular formula is C5H7F2NO2. The van der Waals surface area contributed by atoms with E-state index in [1.807, 2.05) is 0 Å². The summed E-state index contributed by atoms with van der Waals surface area (Å²) in [5.41, 5.74) is 0. The number of imide groups is 1. The van der Waals surface area contributed by atoms with Crippen molar-refractivity contribution in [3.05, 3.63) is 0 Å². The van der Waals surface area contributed by atoms with Crippen LogP contribution in [0.4, 0.5) is 8.78 Å². The van der Waals surface area contributed by atoms with E-state index in [1.54, 1.807) is 0 Å². The van der Waals surface area contributed by atoms with Gasteiger partial charge in [0.15, 0.2) is 13.3 Å². The predicted molar refractivity (Wildman–Crippen MR) is 29.7 cm³/mol. The minimum atomic E-state index is -1.28. The summed E-state index contributed by atoms with van der Waals surface area (Å²) in [6.45, 7) is -2.55. The van der Waals surface area contributed by atoms with Crippen molar-refractivity contribution in [3.8, 4) is 0 Å². The highest BCUT2D eigenvalue weighted by atomic mass is 19.1. The van der Waals surface area contributed by atoms with Crippen LogP contribution in [0, 0.1) is 0 Å². The fraction of sp³-hybridized carbons (Fsp3) is 0.600. The van der Waals surface area contributed by atoms with Crippen LogP contribution in [0.1, 0.15) is 0 Å². The third-order valence-electron chi connectivity index (χ3n) is 0.977. The summed E-state index contributed by atoms with van der Waals surface area (Å²) in [5, 5.41) is 0. The molecule has 0 fully saturated rings. The molecule has 0 aliphatic carbocycles. The second kappa shape index (κ2) is 3.92. The average molecular weight is 151 g/mol. The van der Waals surface area contributed by atoms with Gasteiger partial charge in [0.05, 0.1) is 0 Å². The number of amides is 2. The molecule has 0 bridgehead atoms. The summed E-state index contributed by atoms with van der Waals surface area (Å²) in [7, 11) is 1.03. The van der Waals surface area contributed by atoms with Crippen LogP contribution in [-0.2, 0) is 9.59 Å². The maximum atomic E-state index is 11.5. The van der Waals surface area contributed by atoms with Gasteiger partial charge < -0.3 is 0 Å². The van der Waals surface area contributed by atoms with Crippen LogP contribution in [0.25, 0.3) is 0 Å². The van der Waals surface area contributed by atoms with E-state index in [9.17, 15) is 18.4 Å². The summed E-state index contributed by atoms with van der Waals surface area (Å²) in [6, 6.07) is 0. The number of hydrogen-bond acceptors (Lipinski definition) is 2. The molecule has 10 heavy (non-hydrogen) atoms. The molecule has 0 aromatic rings. The van der Waals surface area contributed by atoms with E-state index >= 15 is 0 Å². The molecule has 0 unspecified atom stereocenters. The largest absolute Gasteiger partial charge is 0.281 e. The zero-order chi connectivity index (χ0) is 8.15. The van der Waals surface area contributed by atoms with Gasteiger partial charge in [-0.1, -0.05) is 0 Å². The first-order valence-corrected chi connectivity index (χ1v) is 2.54. The van der Waals surface area contributed by atoms with E-state index in [-0.39, 0.29) is 0 Å². The van der Waals surface area contributed by atoms with Gasteiger partial charge in [0, 0.05) is 7.05 Å². The van der Waals surface area contributed by atoms with Crippen LogP contribution in [-0.4, -0.2) is 37.1 Å². The van der Waals surface area contributed by atoms with Gasteiger partial charge >= 0.3 is 0 Å². The number of nitrogens with zero attached hydrogens (tertiary/aromatic N) is 1. The number of halogens is 2. The molecule has 0 N–H and O–H groups in total. The quantitative estimate of drug-likeness (QED) is 0.553. The second-order valence-corrected chi connectivity index (χ2v) is 1.61. The highest BCUT2D eigenvalue weighted by molar-refractivity contribution is 5.95. The molecule has 3 nitrogen and oxygen atoms in total. The van der Waals surface area contributed by atoms with Crippen molar-refractivity contribution in [2.24, 2.45) is 0 Å². The van der Waals surface area contributed by atoms with Gasteiger partial charge in [0.2, 0.25) is 0 Å². The molecule has 0 saturated carbocycles. The monoisotopic (exact) mass is 151 g/mol. The topological polar surface area (TPSA) is 37.4 Å². The molecule has 0 spiro atoms. The number of rotatable bonds is 2. The Kier molecular flexibility index (Phi) is 3.53. The molecule has 2 amide bonds. The molecule has 0 atom stereocenters. The summed E-state index contributed by atoms with van der Waals surface area (Å²) in [4.78, 5) is 21.0. The summed E-state index contributed by atoms with van der Waals surface area (Å²) in [6.07, 6.45) is 0. The predicted octanol–water partition coefficient (Wildman–Crippen LogP) is -0.0896. The number of carbonyl (C=O) groups is 2. The summed E-state index contributed by atoms with van der Waals surface area (Å²) >= 11 is 0. The number of hydrogen-bond donors (Lipinski definition) is 0. The number of carbonyl (C=O) groups excluding carboxylic acids is 2. The smallest absolute Gasteiger partial charge is 0.260 e. The Morgan fingerprint density at radius 2 is 1.50 bits per heavy atom. The standard InChI is InChI=1S/C5H7F2NO2/c1-8(4(9)2-6)5(10)3-7/h2-3H2,1H3. The molecule has 0 heterocycles. The van der Waals surface area contributed by atoms with Crippen LogP contribution in [0.2, 0.25) is 0 Å². The van der Waals surface area contributed by atoms with Gasteiger partial charge in [0.1, 0.15) is 0 Å². The lowest BCUT2D eigenvalue weighted by molar-refractivity contribution is -0.144. The van der Waals surface area contributed by atoms with Crippen molar-refractivity contribution in [1.82, 2.24) is 4.90 Å². The van der Waals surface area contributed by atoms with E-state index in [1.165, 1.54) is 0 Å². The van der Waals surface area contributed by atoms with Gasteiger partial charge in [0.25, 0.3) is 11.8 Å². The molecule has 0 aromatic heterocycles. The Morgan fingerprint density at radius 3 is 1.70 bits per heavy atom. The molecule has 0 aliphatic rings. The first-order chi connectivity index (χ1) is 4.63. The van der Waals surface area contributed by atoms with Crippen molar-refractivity contribution < 1.29 is 18.4 Å². The fourth-order valence-electron chi connectivity index (χ4n) is 0.318. The van der Waals surface area contributed by atoms with Crippen LogP contribution >= 0.6 is 0 Å². The van der Waals surface area contributed by atoms with Gasteiger partial charge in [-0.2, -0.15) is 0 Å². The first-order valence-electron chi connectivity index (χ1n) is 2.54. The molecule has 58 valence electrons. The Morgan fingerprint density at radius 1 is 1.20 bits per heavy atom. The third kappa shape index (κ3) is 2.08. The SMILES string of the molecule is CN(C(=O)CF)C(=O)CF. The van der Waals surface area contributed by atoms with E-state index in [2.05, 4.69) is 0 Å². The highest BCUT2D eigenvalue weighted by Crippen LogP contribution is 1.87. The minimum Gasteiger partial charge on any atom is -0.281 e. The Labute approximate surface area is 56.6 Å². The molecule has 0 saturated heterocycles. The van der Waals surface area contributed by atoms with E-state index in [0.717, 1.165) is 7.05 Å². The zero-order valence-corrected chi connectivity index (χ0v) is 5.43. The molecule has 0 rings (SSSR count). The van der Waals surface area contributed by atoms with E-state index in [4.69, 9.17) is 0 Å². The van der Waals surface area contributed by atoms with Crippen LogP contribution in [0.5, 0.6) is 0 Å². The molecule has 5 heteroatoms. The van der Waals surface area contributed by atoms with Crippen molar-refractivity contribution >= 4 is 11.8 Å². The van der Waals surface area contributed by atoms with Gasteiger partial charge in [-0.15, -0.1) is 0 Å². The van der Waals surface area contributed by atoms with E-state index < -0.39 is 25.2 Å². The lowest BCUT2D eigenvalue weighted by Crippen LogP contribution is -2.35. The Hall–Kier alpha value is -1.00.